The molecule has 1 amide bonds. The Labute approximate surface area is 157 Å². The van der Waals surface area contributed by atoms with Crippen LogP contribution in [0.1, 0.15) is 60.7 Å². The number of aryl methyl sites for hydroxylation is 2. The average molecular weight is 371 g/mol. The number of aromatic amines is 1. The van der Waals surface area contributed by atoms with Crippen LogP contribution in [0.15, 0.2) is 16.9 Å². The molecule has 1 aliphatic carbocycles. The highest BCUT2D eigenvalue weighted by Gasteiger charge is 2.34. The van der Waals surface area contributed by atoms with Crippen molar-refractivity contribution < 1.29 is 9.53 Å². The van der Waals surface area contributed by atoms with Gasteiger partial charge < -0.3 is 10.1 Å². The second-order valence-electron chi connectivity index (χ2n) is 8.35. The number of hydrogen-bond donors (Lipinski definition) is 2. The molecule has 3 heterocycles. The van der Waals surface area contributed by atoms with Gasteiger partial charge in [-0.2, -0.15) is 10.2 Å². The number of hydrogen-bond acceptors (Lipinski definition) is 5. The largest absolute Gasteiger partial charge is 0.377 e. The molecule has 144 valence electrons. The predicted molar refractivity (Wildman–Crippen MR) is 98.9 cm³/mol. The highest BCUT2D eigenvalue weighted by Crippen LogP contribution is 2.23. The molecule has 27 heavy (non-hydrogen) atoms. The number of fused-ring (bicyclic) bond motifs is 1. The Hall–Kier alpha value is -2.48. The second-order valence-corrected chi connectivity index (χ2v) is 8.35. The Morgan fingerprint density at radius 3 is 2.85 bits per heavy atom. The van der Waals surface area contributed by atoms with Crippen LogP contribution >= 0.6 is 0 Å². The van der Waals surface area contributed by atoms with E-state index in [1.165, 1.54) is 4.68 Å². The molecule has 0 saturated carbocycles. The van der Waals surface area contributed by atoms with Crippen molar-refractivity contribution in [2.45, 2.75) is 57.5 Å². The summed E-state index contributed by atoms with van der Waals surface area (Å²) in [7, 11) is 0. The van der Waals surface area contributed by atoms with E-state index in [1.807, 2.05) is 0 Å². The molecule has 2 N–H and O–H groups in total. The van der Waals surface area contributed by atoms with Gasteiger partial charge in [0.15, 0.2) is 0 Å². The highest BCUT2D eigenvalue weighted by molar-refractivity contribution is 5.92. The molecular formula is C19H25N5O3. The topological polar surface area (TPSA) is 102 Å². The number of aromatic nitrogens is 4. The summed E-state index contributed by atoms with van der Waals surface area (Å²) in [5, 5.41) is 14.6. The van der Waals surface area contributed by atoms with E-state index in [9.17, 15) is 9.59 Å². The first-order valence-corrected chi connectivity index (χ1v) is 9.39. The van der Waals surface area contributed by atoms with Crippen LogP contribution in [0.4, 0.5) is 0 Å². The van der Waals surface area contributed by atoms with E-state index in [4.69, 9.17) is 4.74 Å². The van der Waals surface area contributed by atoms with Crippen LogP contribution in [-0.2, 0) is 23.0 Å². The number of nitrogens with zero attached hydrogens (tertiary/aromatic N) is 3. The van der Waals surface area contributed by atoms with Gasteiger partial charge in [-0.05, 0) is 30.9 Å². The Bertz CT molecular complexity index is 924. The lowest BCUT2D eigenvalue weighted by Crippen LogP contribution is -2.44. The van der Waals surface area contributed by atoms with E-state index in [-0.39, 0.29) is 29.0 Å². The van der Waals surface area contributed by atoms with Crippen LogP contribution in [-0.4, -0.2) is 45.1 Å². The number of nitrogens with one attached hydrogen (secondary N) is 2. The first-order chi connectivity index (χ1) is 12.8. The van der Waals surface area contributed by atoms with E-state index in [2.05, 4.69) is 41.4 Å². The van der Waals surface area contributed by atoms with Crippen molar-refractivity contribution in [3.8, 4) is 0 Å². The van der Waals surface area contributed by atoms with Crippen LogP contribution in [0.25, 0.3) is 0 Å². The van der Waals surface area contributed by atoms with Crippen molar-refractivity contribution in [2.75, 3.05) is 13.2 Å². The fraction of sp³-hybridized carbons (Fsp3) is 0.579. The highest BCUT2D eigenvalue weighted by atomic mass is 16.5. The van der Waals surface area contributed by atoms with Crippen molar-refractivity contribution in [1.82, 2.24) is 25.3 Å². The molecule has 8 nitrogen and oxygen atoms in total. The second kappa shape index (κ2) is 6.60. The fourth-order valence-electron chi connectivity index (χ4n) is 3.64. The monoisotopic (exact) mass is 371 g/mol. The van der Waals surface area contributed by atoms with Gasteiger partial charge in [0, 0.05) is 17.2 Å². The molecule has 0 aromatic carbocycles. The van der Waals surface area contributed by atoms with Crippen LogP contribution < -0.4 is 10.9 Å². The maximum Gasteiger partial charge on any atom is 0.272 e. The zero-order valence-electron chi connectivity index (χ0n) is 15.9. The molecule has 0 radical (unpaired) electrons. The third kappa shape index (κ3) is 3.41. The minimum Gasteiger partial charge on any atom is -0.377 e. The molecule has 1 saturated heterocycles. The predicted octanol–water partition coefficient (Wildman–Crippen LogP) is 1.12. The first kappa shape index (κ1) is 17.9. The van der Waals surface area contributed by atoms with Gasteiger partial charge >= 0.3 is 0 Å². The zero-order chi connectivity index (χ0) is 19.2. The van der Waals surface area contributed by atoms with Crippen LogP contribution in [0.3, 0.4) is 0 Å². The van der Waals surface area contributed by atoms with Crippen molar-refractivity contribution in [1.29, 1.82) is 0 Å². The molecule has 8 heteroatoms. The van der Waals surface area contributed by atoms with E-state index < -0.39 is 0 Å². The minimum absolute atomic E-state index is 0.119. The average Bonchev–Trinajstić information content (AvgIpc) is 3.33. The molecule has 1 fully saturated rings. The molecule has 2 unspecified atom stereocenters. The van der Waals surface area contributed by atoms with Crippen LogP contribution in [0, 0.1) is 0 Å². The SMILES string of the molecule is CC(C)(C)c1cc(C(=O)NC2COCC2n2nc3c(cc2=O)CCC3)n[nH]1. The van der Waals surface area contributed by atoms with E-state index in [1.54, 1.807) is 12.1 Å². The Kier molecular flexibility index (Phi) is 4.38. The standard InChI is InChI=1S/C19H25N5O3/c1-19(2,3)16-8-13(21-22-16)18(26)20-14-9-27-10-15(14)24-17(25)7-11-5-4-6-12(11)23-24/h7-8,14-15H,4-6,9-10H2,1-3H3,(H,20,26)(H,21,22). The minimum atomic E-state index is -0.322. The lowest BCUT2D eigenvalue weighted by molar-refractivity contribution is 0.0919. The molecule has 2 aliphatic rings. The van der Waals surface area contributed by atoms with Crippen molar-refractivity contribution in [2.24, 2.45) is 0 Å². The van der Waals surface area contributed by atoms with Crippen molar-refractivity contribution >= 4 is 5.91 Å². The van der Waals surface area contributed by atoms with Gasteiger partial charge in [0.2, 0.25) is 0 Å². The summed E-state index contributed by atoms with van der Waals surface area (Å²) < 4.78 is 7.03. The maximum absolute atomic E-state index is 12.6. The fourth-order valence-corrected chi connectivity index (χ4v) is 3.64. The van der Waals surface area contributed by atoms with Crippen molar-refractivity contribution in [3.63, 3.8) is 0 Å². The summed E-state index contributed by atoms with van der Waals surface area (Å²) >= 11 is 0. The van der Waals surface area contributed by atoms with E-state index in [0.717, 1.165) is 36.2 Å². The third-order valence-corrected chi connectivity index (χ3v) is 5.28. The van der Waals surface area contributed by atoms with Crippen LogP contribution in [0.5, 0.6) is 0 Å². The van der Waals surface area contributed by atoms with Gasteiger partial charge in [0.05, 0.1) is 24.9 Å². The van der Waals surface area contributed by atoms with Gasteiger partial charge in [-0.3, -0.25) is 14.7 Å². The van der Waals surface area contributed by atoms with Crippen LogP contribution in [0.2, 0.25) is 0 Å². The van der Waals surface area contributed by atoms with E-state index in [0.29, 0.717) is 18.9 Å². The quantitative estimate of drug-likeness (QED) is 0.842. The van der Waals surface area contributed by atoms with Crippen molar-refractivity contribution in [3.05, 3.63) is 45.1 Å². The summed E-state index contributed by atoms with van der Waals surface area (Å²) in [5.41, 5.74) is 2.99. The molecular weight excluding hydrogens is 346 g/mol. The zero-order valence-corrected chi connectivity index (χ0v) is 15.9. The summed E-state index contributed by atoms with van der Waals surface area (Å²) in [6.45, 7) is 6.85. The lowest BCUT2D eigenvalue weighted by Gasteiger charge is -2.20. The first-order valence-electron chi connectivity index (χ1n) is 9.39. The number of ether oxygens (including phenoxy) is 1. The normalized spacial score (nSPS) is 22.0. The van der Waals surface area contributed by atoms with Gasteiger partial charge in [-0.25, -0.2) is 4.68 Å². The smallest absolute Gasteiger partial charge is 0.272 e. The van der Waals surface area contributed by atoms with Gasteiger partial charge in [0.1, 0.15) is 11.7 Å². The molecule has 2 atom stereocenters. The number of carbonyl (C=O) groups is 1. The summed E-state index contributed by atoms with van der Waals surface area (Å²) in [4.78, 5) is 25.1. The molecule has 1 aliphatic heterocycles. The lowest BCUT2D eigenvalue weighted by atomic mass is 9.92. The summed E-state index contributed by atoms with van der Waals surface area (Å²) in [5.74, 6) is -0.281. The molecule has 0 bridgehead atoms. The molecule has 2 aromatic rings. The van der Waals surface area contributed by atoms with Gasteiger partial charge in [0.25, 0.3) is 11.5 Å². The Morgan fingerprint density at radius 2 is 2.11 bits per heavy atom. The summed E-state index contributed by atoms with van der Waals surface area (Å²) in [6, 6.07) is 2.81. The molecule has 4 rings (SSSR count). The number of carbonyl (C=O) groups excluding carboxylic acids is 1. The number of amides is 1. The summed E-state index contributed by atoms with van der Waals surface area (Å²) in [6.07, 6.45) is 2.83. The third-order valence-electron chi connectivity index (χ3n) is 5.28. The molecule has 2 aromatic heterocycles. The maximum atomic E-state index is 12.6. The number of rotatable bonds is 3. The molecule has 0 spiro atoms. The van der Waals surface area contributed by atoms with E-state index >= 15 is 0 Å². The number of H-pyrrole nitrogens is 1. The van der Waals surface area contributed by atoms with Gasteiger partial charge in [-0.1, -0.05) is 20.8 Å². The Morgan fingerprint density at radius 1 is 1.30 bits per heavy atom. The van der Waals surface area contributed by atoms with Gasteiger partial charge in [-0.15, -0.1) is 0 Å². The Balaban J connectivity index is 1.53.